The van der Waals surface area contributed by atoms with Crippen molar-refractivity contribution >= 4 is 5.91 Å². The van der Waals surface area contributed by atoms with E-state index in [0.29, 0.717) is 18.8 Å². The minimum absolute atomic E-state index is 0.0721. The number of ether oxygens (including phenoxy) is 2. The van der Waals surface area contributed by atoms with Crippen molar-refractivity contribution in [2.45, 2.75) is 12.7 Å². The van der Waals surface area contributed by atoms with Crippen molar-refractivity contribution in [1.82, 2.24) is 9.80 Å². The summed E-state index contributed by atoms with van der Waals surface area (Å²) in [5, 5.41) is 0. The summed E-state index contributed by atoms with van der Waals surface area (Å²) in [6, 6.07) is 6.99. The number of carbonyl (C=O) groups excluding carboxylic acids is 1. The van der Waals surface area contributed by atoms with Gasteiger partial charge in [-0.15, -0.1) is 0 Å². The van der Waals surface area contributed by atoms with E-state index >= 15 is 0 Å². The van der Waals surface area contributed by atoms with Gasteiger partial charge in [0.15, 0.2) is 11.5 Å². The molecule has 0 unspecified atom stereocenters. The number of primary amides is 1. The largest absolute Gasteiger partial charge is 0.454 e. The van der Waals surface area contributed by atoms with Crippen LogP contribution in [0.1, 0.15) is 21.5 Å². The fourth-order valence-corrected chi connectivity index (χ4v) is 3.93. The zero-order valence-electron chi connectivity index (χ0n) is 16.5. The lowest BCUT2D eigenvalue weighted by atomic mass is 9.90. The maximum Gasteiger partial charge on any atom is 0.416 e. The molecular weight excluding hydrogens is 399 g/mol. The van der Waals surface area contributed by atoms with Gasteiger partial charge in [-0.2, -0.15) is 13.2 Å². The van der Waals surface area contributed by atoms with Crippen molar-refractivity contribution in [3.63, 3.8) is 0 Å². The summed E-state index contributed by atoms with van der Waals surface area (Å²) < 4.78 is 52.7. The summed E-state index contributed by atoms with van der Waals surface area (Å²) in [4.78, 5) is 16.2. The van der Waals surface area contributed by atoms with Gasteiger partial charge in [-0.3, -0.25) is 9.69 Å². The van der Waals surface area contributed by atoms with Crippen LogP contribution < -0.4 is 15.2 Å². The van der Waals surface area contributed by atoms with Crippen LogP contribution in [0.15, 0.2) is 30.3 Å². The van der Waals surface area contributed by atoms with E-state index in [1.165, 1.54) is 12.1 Å². The van der Waals surface area contributed by atoms with Crippen LogP contribution in [0, 0.1) is 0 Å². The summed E-state index contributed by atoms with van der Waals surface area (Å²) >= 11 is 0. The minimum Gasteiger partial charge on any atom is -0.454 e. The van der Waals surface area contributed by atoms with Crippen LogP contribution in [-0.4, -0.2) is 55.7 Å². The number of benzene rings is 2. The van der Waals surface area contributed by atoms with Gasteiger partial charge in [-0.25, -0.2) is 0 Å². The number of rotatable bonds is 4. The number of carbonyl (C=O) groups is 1. The molecule has 1 saturated heterocycles. The fraction of sp³-hybridized carbons (Fsp3) is 0.381. The molecule has 1 amide bonds. The molecule has 30 heavy (non-hydrogen) atoms. The van der Waals surface area contributed by atoms with Gasteiger partial charge in [0.05, 0.1) is 11.1 Å². The average Bonchev–Trinajstić information content (AvgIpc) is 3.17. The average molecular weight is 421 g/mol. The molecule has 0 bridgehead atoms. The van der Waals surface area contributed by atoms with Crippen LogP contribution >= 0.6 is 0 Å². The quantitative estimate of drug-likeness (QED) is 0.822. The highest BCUT2D eigenvalue weighted by Gasteiger charge is 2.36. The Hall–Kier alpha value is -2.78. The first-order chi connectivity index (χ1) is 14.3. The number of hydrogen-bond donors (Lipinski definition) is 1. The van der Waals surface area contributed by atoms with Gasteiger partial charge >= 0.3 is 6.18 Å². The summed E-state index contributed by atoms with van der Waals surface area (Å²) in [6.45, 7) is 2.87. The highest BCUT2D eigenvalue weighted by molar-refractivity contribution is 6.02. The molecule has 0 aliphatic carbocycles. The number of alkyl halides is 3. The van der Waals surface area contributed by atoms with E-state index in [1.54, 1.807) is 12.1 Å². The minimum atomic E-state index is -4.54. The Balaban J connectivity index is 1.89. The Morgan fingerprint density at radius 2 is 1.83 bits per heavy atom. The molecule has 1 fully saturated rings. The third-order valence-corrected chi connectivity index (χ3v) is 5.53. The van der Waals surface area contributed by atoms with Gasteiger partial charge in [-0.05, 0) is 36.4 Å². The van der Waals surface area contributed by atoms with Gasteiger partial charge in [0.25, 0.3) is 0 Å². The van der Waals surface area contributed by atoms with Crippen molar-refractivity contribution in [1.29, 1.82) is 0 Å². The molecule has 0 radical (unpaired) electrons. The van der Waals surface area contributed by atoms with Gasteiger partial charge in [-0.1, -0.05) is 12.1 Å². The second kappa shape index (κ2) is 7.81. The zero-order valence-corrected chi connectivity index (χ0v) is 16.5. The van der Waals surface area contributed by atoms with Crippen LogP contribution in [0.2, 0.25) is 0 Å². The lowest BCUT2D eigenvalue weighted by Crippen LogP contribution is -2.44. The Morgan fingerprint density at radius 3 is 2.50 bits per heavy atom. The van der Waals surface area contributed by atoms with Gasteiger partial charge < -0.3 is 20.1 Å². The first kappa shape index (κ1) is 20.5. The number of halogens is 3. The first-order valence-electron chi connectivity index (χ1n) is 9.58. The molecule has 0 atom stereocenters. The Bertz CT molecular complexity index is 970. The van der Waals surface area contributed by atoms with E-state index in [2.05, 4.69) is 4.90 Å². The van der Waals surface area contributed by atoms with Crippen LogP contribution in [0.3, 0.4) is 0 Å². The topological polar surface area (TPSA) is 68.0 Å². The molecular formula is C21H22F3N3O3. The van der Waals surface area contributed by atoms with Gasteiger partial charge in [0.2, 0.25) is 12.7 Å². The second-order valence-electron chi connectivity index (χ2n) is 7.50. The molecule has 2 heterocycles. The predicted octanol–water partition coefficient (Wildman–Crippen LogP) is 2.95. The molecule has 0 spiro atoms. The number of nitrogens with two attached hydrogens (primary N) is 1. The van der Waals surface area contributed by atoms with E-state index < -0.39 is 17.6 Å². The predicted molar refractivity (Wildman–Crippen MR) is 104 cm³/mol. The molecule has 0 aromatic heterocycles. The van der Waals surface area contributed by atoms with E-state index in [4.69, 9.17) is 15.2 Å². The summed E-state index contributed by atoms with van der Waals surface area (Å²) in [5.41, 5.74) is 5.53. The van der Waals surface area contributed by atoms with E-state index in [9.17, 15) is 18.0 Å². The van der Waals surface area contributed by atoms with Crippen molar-refractivity contribution in [3.05, 3.63) is 47.0 Å². The molecule has 2 N–H and O–H groups in total. The van der Waals surface area contributed by atoms with Crippen molar-refractivity contribution in [3.8, 4) is 22.6 Å². The van der Waals surface area contributed by atoms with Crippen LogP contribution in [0.4, 0.5) is 13.2 Å². The monoisotopic (exact) mass is 421 g/mol. The highest BCUT2D eigenvalue weighted by Crippen LogP contribution is 2.46. The fourth-order valence-electron chi connectivity index (χ4n) is 3.93. The maximum absolute atomic E-state index is 13.9. The Labute approximate surface area is 172 Å². The Kier molecular flexibility index (Phi) is 5.33. The standard InChI is InChI=1S/C21H22F3N3O3/c1-26-7-9-27(10-8-26)11-15-13(3-2-4-16(15)21(22,23)24)18-14(20(25)28)5-6-17-19(18)30-12-29-17/h2-6H,7-12H2,1H3,(H2,25,28). The maximum atomic E-state index is 13.9. The number of likely N-dealkylation sites (N-methyl/N-ethyl adjacent to an activating group) is 1. The van der Waals surface area contributed by atoms with Gasteiger partial charge in [0, 0.05) is 38.3 Å². The number of nitrogens with zero attached hydrogens (tertiary/aromatic N) is 2. The van der Waals surface area contributed by atoms with Crippen molar-refractivity contribution in [2.24, 2.45) is 5.73 Å². The third kappa shape index (κ3) is 3.82. The van der Waals surface area contributed by atoms with Crippen molar-refractivity contribution in [2.75, 3.05) is 40.0 Å². The molecule has 160 valence electrons. The number of hydrogen-bond acceptors (Lipinski definition) is 5. The molecule has 2 aliphatic rings. The van der Waals surface area contributed by atoms with Crippen LogP contribution in [0.25, 0.3) is 11.1 Å². The smallest absolute Gasteiger partial charge is 0.416 e. The molecule has 9 heteroatoms. The lowest BCUT2D eigenvalue weighted by molar-refractivity contribution is -0.138. The third-order valence-electron chi connectivity index (χ3n) is 5.53. The molecule has 2 aromatic carbocycles. The molecule has 2 aliphatic heterocycles. The lowest BCUT2D eigenvalue weighted by Gasteiger charge is -2.33. The second-order valence-corrected chi connectivity index (χ2v) is 7.50. The van der Waals surface area contributed by atoms with E-state index in [1.807, 2.05) is 11.9 Å². The summed E-state index contributed by atoms with van der Waals surface area (Å²) in [7, 11) is 1.98. The van der Waals surface area contributed by atoms with E-state index in [-0.39, 0.29) is 41.3 Å². The first-order valence-corrected chi connectivity index (χ1v) is 9.58. The van der Waals surface area contributed by atoms with Crippen LogP contribution in [0.5, 0.6) is 11.5 Å². The van der Waals surface area contributed by atoms with Crippen LogP contribution in [-0.2, 0) is 12.7 Å². The van der Waals surface area contributed by atoms with Gasteiger partial charge in [0.1, 0.15) is 0 Å². The Morgan fingerprint density at radius 1 is 1.10 bits per heavy atom. The molecule has 6 nitrogen and oxygen atoms in total. The molecule has 2 aromatic rings. The van der Waals surface area contributed by atoms with E-state index in [0.717, 1.165) is 19.2 Å². The number of piperazine rings is 1. The zero-order chi connectivity index (χ0) is 21.5. The SMILES string of the molecule is CN1CCN(Cc2c(-c3c(C(N)=O)ccc4c3OCO4)cccc2C(F)(F)F)CC1. The number of amides is 1. The normalized spacial score (nSPS) is 17.3. The highest BCUT2D eigenvalue weighted by atomic mass is 19.4. The summed E-state index contributed by atoms with van der Waals surface area (Å²) in [6.07, 6.45) is -4.54. The molecule has 4 rings (SSSR count). The summed E-state index contributed by atoms with van der Waals surface area (Å²) in [5.74, 6) is -0.130. The molecule has 0 saturated carbocycles. The van der Waals surface area contributed by atoms with Crippen molar-refractivity contribution < 1.29 is 27.4 Å². The number of fused-ring (bicyclic) bond motifs is 1.